The van der Waals surface area contributed by atoms with Gasteiger partial charge in [-0.2, -0.15) is 0 Å². The van der Waals surface area contributed by atoms with Crippen LogP contribution in [0.3, 0.4) is 0 Å². The minimum atomic E-state index is -0.366. The molecule has 2 bridgehead atoms. The maximum atomic E-state index is 13.2. The summed E-state index contributed by atoms with van der Waals surface area (Å²) in [7, 11) is 0. The maximum Gasteiger partial charge on any atom is 0.329 e. The van der Waals surface area contributed by atoms with Crippen molar-refractivity contribution in [1.29, 1.82) is 0 Å². The lowest BCUT2D eigenvalue weighted by molar-refractivity contribution is 0.0951. The predicted molar refractivity (Wildman–Crippen MR) is 111 cm³/mol. The lowest BCUT2D eigenvalue weighted by Crippen LogP contribution is -2.48. The zero-order valence-electron chi connectivity index (χ0n) is 16.7. The third-order valence-electron chi connectivity index (χ3n) is 5.07. The van der Waals surface area contributed by atoms with Gasteiger partial charge in [0.05, 0.1) is 18.3 Å². The average Bonchev–Trinajstić information content (AvgIpc) is 3.16. The van der Waals surface area contributed by atoms with Crippen LogP contribution in [0, 0.1) is 0 Å². The summed E-state index contributed by atoms with van der Waals surface area (Å²) in [6, 6.07) is 6.37. The second kappa shape index (κ2) is 8.54. The van der Waals surface area contributed by atoms with E-state index in [-0.39, 0.29) is 36.9 Å². The summed E-state index contributed by atoms with van der Waals surface area (Å²) in [5.41, 5.74) is 1.10. The fourth-order valence-electron chi connectivity index (χ4n) is 3.75. The van der Waals surface area contributed by atoms with Gasteiger partial charge in [0.25, 0.3) is 5.91 Å². The molecule has 1 atom stereocenters. The molecule has 0 spiro atoms. The van der Waals surface area contributed by atoms with Crippen LogP contribution in [-0.2, 0) is 0 Å². The number of amides is 3. The van der Waals surface area contributed by atoms with E-state index < -0.39 is 0 Å². The van der Waals surface area contributed by atoms with E-state index in [1.807, 2.05) is 13.0 Å². The molecule has 1 unspecified atom stereocenters. The van der Waals surface area contributed by atoms with Crippen LogP contribution in [0.5, 0.6) is 5.75 Å². The van der Waals surface area contributed by atoms with Crippen molar-refractivity contribution in [2.45, 2.75) is 19.4 Å². The first-order valence-corrected chi connectivity index (χ1v) is 9.94. The van der Waals surface area contributed by atoms with Gasteiger partial charge >= 0.3 is 6.03 Å². The summed E-state index contributed by atoms with van der Waals surface area (Å²) < 4.78 is 5.37. The number of aliphatic hydroxyl groups excluding tert-OH is 1. The Labute approximate surface area is 173 Å². The minimum absolute atomic E-state index is 0.0386. The highest BCUT2D eigenvalue weighted by Crippen LogP contribution is 2.39. The quantitative estimate of drug-likeness (QED) is 0.653. The number of urea groups is 1. The lowest BCUT2D eigenvalue weighted by Gasteiger charge is -2.35. The number of nitrogens with one attached hydrogen (secondary N) is 2. The van der Waals surface area contributed by atoms with Crippen molar-refractivity contribution in [2.75, 3.05) is 48.0 Å². The number of ether oxygens (including phenoxy) is 1. The Bertz CT molecular complexity index is 953. The van der Waals surface area contributed by atoms with Gasteiger partial charge in [-0.1, -0.05) is 0 Å². The number of carbonyl (C=O) groups is 2. The normalized spacial score (nSPS) is 16.8. The molecule has 1 saturated heterocycles. The van der Waals surface area contributed by atoms with Crippen LogP contribution in [0.15, 0.2) is 30.5 Å². The molecule has 2 aromatic rings. The molecule has 2 aromatic heterocycles. The highest BCUT2D eigenvalue weighted by Gasteiger charge is 2.40. The van der Waals surface area contributed by atoms with E-state index in [0.717, 1.165) is 25.2 Å². The Morgan fingerprint density at radius 2 is 2.20 bits per heavy atom. The monoisotopic (exact) mass is 412 g/mol. The second-order valence-electron chi connectivity index (χ2n) is 7.04. The topological polar surface area (TPSA) is 120 Å². The van der Waals surface area contributed by atoms with Crippen molar-refractivity contribution in [1.82, 2.24) is 15.3 Å². The zero-order chi connectivity index (χ0) is 21.1. The summed E-state index contributed by atoms with van der Waals surface area (Å²) in [6.45, 7) is 3.93. The molecule has 10 nitrogen and oxygen atoms in total. The molecule has 30 heavy (non-hydrogen) atoms. The summed E-state index contributed by atoms with van der Waals surface area (Å²) in [5, 5.41) is 14.4. The zero-order valence-corrected chi connectivity index (χ0v) is 16.7. The number of nitrogens with zero attached hydrogens (tertiary/aromatic N) is 4. The lowest BCUT2D eigenvalue weighted by atomic mass is 10.1. The van der Waals surface area contributed by atoms with Crippen LogP contribution in [0.1, 0.15) is 23.8 Å². The Morgan fingerprint density at radius 1 is 1.33 bits per heavy atom. The maximum absolute atomic E-state index is 13.2. The van der Waals surface area contributed by atoms with Crippen LogP contribution in [0.25, 0.3) is 0 Å². The van der Waals surface area contributed by atoms with E-state index in [4.69, 9.17) is 9.84 Å². The fraction of sp³-hybridized carbons (Fsp3) is 0.400. The van der Waals surface area contributed by atoms with Gasteiger partial charge in [0.1, 0.15) is 23.9 Å². The molecule has 4 rings (SSSR count). The van der Waals surface area contributed by atoms with Crippen LogP contribution < -0.4 is 25.2 Å². The first-order valence-electron chi connectivity index (χ1n) is 9.94. The standard InChI is InChI=1S/C20H24N6O4/c1-2-21-19(28)15-3-4-16-18(23-15)26(13-6-8-25(16)12-13)20(29)24-17-11-14(5-7-22-17)30-10-9-27/h3-5,7,11,13,27H,2,6,8-10,12H2,1H3,(H,21,28)(H,22,24,29). The van der Waals surface area contributed by atoms with Crippen LogP contribution >= 0.6 is 0 Å². The second-order valence-corrected chi connectivity index (χ2v) is 7.04. The van der Waals surface area contributed by atoms with Gasteiger partial charge < -0.3 is 20.1 Å². The molecule has 3 N–H and O–H groups in total. The van der Waals surface area contributed by atoms with Crippen molar-refractivity contribution >= 4 is 29.3 Å². The molecule has 10 heteroatoms. The van der Waals surface area contributed by atoms with E-state index in [0.29, 0.717) is 23.9 Å². The Kier molecular flexibility index (Phi) is 5.66. The number of hydrogen-bond acceptors (Lipinski definition) is 7. The average molecular weight is 412 g/mol. The first kappa shape index (κ1) is 19.9. The van der Waals surface area contributed by atoms with Crippen molar-refractivity contribution in [2.24, 2.45) is 0 Å². The third kappa shape index (κ3) is 3.86. The molecule has 0 aromatic carbocycles. The summed E-state index contributed by atoms with van der Waals surface area (Å²) >= 11 is 0. The molecule has 4 heterocycles. The van der Waals surface area contributed by atoms with Gasteiger partial charge in [0.2, 0.25) is 0 Å². The van der Waals surface area contributed by atoms with Crippen molar-refractivity contribution < 1.29 is 19.4 Å². The summed E-state index contributed by atoms with van der Waals surface area (Å²) in [6.07, 6.45) is 2.34. The Morgan fingerprint density at radius 3 is 3.00 bits per heavy atom. The third-order valence-corrected chi connectivity index (χ3v) is 5.07. The summed E-state index contributed by atoms with van der Waals surface area (Å²) in [4.78, 5) is 37.9. The number of pyridine rings is 2. The Hall–Kier alpha value is -3.40. The molecule has 2 aliphatic heterocycles. The molecule has 3 amide bonds. The molecule has 0 aliphatic carbocycles. The first-order chi connectivity index (χ1) is 14.6. The highest BCUT2D eigenvalue weighted by molar-refractivity contribution is 6.05. The van der Waals surface area contributed by atoms with E-state index in [2.05, 4.69) is 25.5 Å². The molecule has 0 radical (unpaired) electrons. The largest absolute Gasteiger partial charge is 0.491 e. The molecule has 158 valence electrons. The fourth-order valence-corrected chi connectivity index (χ4v) is 3.75. The summed E-state index contributed by atoms with van der Waals surface area (Å²) in [5.74, 6) is 1.02. The van der Waals surface area contributed by atoms with Crippen molar-refractivity contribution in [3.05, 3.63) is 36.2 Å². The van der Waals surface area contributed by atoms with Gasteiger partial charge in [-0.25, -0.2) is 14.8 Å². The SMILES string of the molecule is CCNC(=O)c1ccc2c(n1)N(C(=O)Nc1cc(OCCO)ccn1)C1CCN2C1. The highest BCUT2D eigenvalue weighted by atomic mass is 16.5. The number of hydrogen-bond donors (Lipinski definition) is 3. The number of aliphatic hydroxyl groups is 1. The predicted octanol–water partition coefficient (Wildman–Crippen LogP) is 1.23. The number of fused-ring (bicyclic) bond motifs is 4. The molecule has 1 fully saturated rings. The smallest absolute Gasteiger partial charge is 0.329 e. The number of rotatable bonds is 6. The van der Waals surface area contributed by atoms with Gasteiger partial charge in [-0.15, -0.1) is 0 Å². The molecule has 2 aliphatic rings. The molecular formula is C20H24N6O4. The van der Waals surface area contributed by atoms with Gasteiger partial charge in [-0.3, -0.25) is 15.0 Å². The van der Waals surface area contributed by atoms with Crippen LogP contribution in [0.4, 0.5) is 22.1 Å². The number of aromatic nitrogens is 2. The number of carbonyl (C=O) groups excluding carboxylic acids is 2. The van der Waals surface area contributed by atoms with Gasteiger partial charge in [-0.05, 0) is 31.5 Å². The van der Waals surface area contributed by atoms with Gasteiger partial charge in [0, 0.05) is 31.9 Å². The van der Waals surface area contributed by atoms with Gasteiger partial charge in [0.15, 0.2) is 5.82 Å². The number of anilines is 3. The Balaban J connectivity index is 1.60. The minimum Gasteiger partial charge on any atom is -0.491 e. The van der Waals surface area contributed by atoms with E-state index in [9.17, 15) is 9.59 Å². The van der Waals surface area contributed by atoms with Crippen molar-refractivity contribution in [3.63, 3.8) is 0 Å². The van der Waals surface area contributed by atoms with E-state index in [1.165, 1.54) is 6.20 Å². The molecule has 0 saturated carbocycles. The molecular weight excluding hydrogens is 388 g/mol. The van der Waals surface area contributed by atoms with Crippen LogP contribution in [0.2, 0.25) is 0 Å². The van der Waals surface area contributed by atoms with Crippen LogP contribution in [-0.4, -0.2) is 65.9 Å². The van der Waals surface area contributed by atoms with Crippen molar-refractivity contribution in [3.8, 4) is 5.75 Å². The van der Waals surface area contributed by atoms with E-state index in [1.54, 1.807) is 23.1 Å². The van der Waals surface area contributed by atoms with E-state index >= 15 is 0 Å².